The number of aryl methyl sites for hydroxylation is 1. The Kier molecular flexibility index (Phi) is 3.99. The Balaban J connectivity index is 1.61. The normalized spacial score (nSPS) is 11.0. The molecule has 0 aliphatic heterocycles. The molecule has 1 N–H and O–H groups in total. The van der Waals surface area contributed by atoms with Gasteiger partial charge >= 0.3 is 0 Å². The Bertz CT molecular complexity index is 1190. The molecule has 0 aliphatic rings. The van der Waals surface area contributed by atoms with Gasteiger partial charge in [0.2, 0.25) is 5.91 Å². The van der Waals surface area contributed by atoms with Crippen LogP contribution in [0.1, 0.15) is 5.76 Å². The third-order valence-electron chi connectivity index (χ3n) is 3.82. The lowest BCUT2D eigenvalue weighted by Gasteiger charge is -2.04. The molecule has 27 heavy (non-hydrogen) atoms. The van der Waals surface area contributed by atoms with Crippen LogP contribution in [-0.4, -0.2) is 30.5 Å². The minimum atomic E-state index is -0.482. The van der Waals surface area contributed by atoms with Crippen molar-refractivity contribution < 1.29 is 13.7 Å². The smallest absolute Gasteiger partial charge is 0.293 e. The van der Waals surface area contributed by atoms with Crippen molar-refractivity contribution in [1.29, 1.82) is 0 Å². The molecule has 0 unspecified atom stereocenters. The summed E-state index contributed by atoms with van der Waals surface area (Å²) in [6, 6.07) is 8.88. The van der Waals surface area contributed by atoms with Gasteiger partial charge < -0.3 is 9.84 Å². The largest absolute Gasteiger partial charge is 0.360 e. The first-order chi connectivity index (χ1) is 13.0. The summed E-state index contributed by atoms with van der Waals surface area (Å²) in [6.45, 7) is 1.40. The lowest BCUT2D eigenvalue weighted by atomic mass is 10.1. The maximum Gasteiger partial charge on any atom is 0.293 e. The monoisotopic (exact) mass is 368 g/mol. The van der Waals surface area contributed by atoms with E-state index in [2.05, 4.69) is 20.7 Å². The van der Waals surface area contributed by atoms with Gasteiger partial charge in [-0.05, 0) is 37.3 Å². The second-order valence-electron chi connectivity index (χ2n) is 5.83. The Hall–Kier alpha value is -3.82. The first-order valence-electron chi connectivity index (χ1n) is 7.94. The molecule has 0 bridgehead atoms. The third kappa shape index (κ3) is 3.32. The number of nitrogens with zero attached hydrogens (tertiary/aromatic N) is 5. The predicted molar refractivity (Wildman–Crippen MR) is 92.5 cm³/mol. The number of anilines is 1. The summed E-state index contributed by atoms with van der Waals surface area (Å²) in [6.07, 6.45) is 1.33. The standard InChI is InChI=1S/C17H13FN6O3/c1-10-6-15(22-27-10)20-16(25)8-23-17(26)14-7-13(21-24(14)9-19-23)11-2-4-12(18)5-3-11/h2-7,9H,8H2,1H3,(H,20,22,25). The van der Waals surface area contributed by atoms with E-state index in [0.29, 0.717) is 17.0 Å². The van der Waals surface area contributed by atoms with Gasteiger partial charge in [0.1, 0.15) is 30.0 Å². The van der Waals surface area contributed by atoms with Crippen molar-refractivity contribution in [2.24, 2.45) is 0 Å². The predicted octanol–water partition coefficient (Wildman–Crippen LogP) is 1.63. The van der Waals surface area contributed by atoms with Gasteiger partial charge in [-0.3, -0.25) is 9.59 Å². The zero-order valence-electron chi connectivity index (χ0n) is 14.1. The van der Waals surface area contributed by atoms with Gasteiger partial charge in [0.05, 0.1) is 5.69 Å². The van der Waals surface area contributed by atoms with Gasteiger partial charge in [-0.25, -0.2) is 13.6 Å². The molecule has 4 aromatic rings. The molecule has 3 heterocycles. The number of rotatable bonds is 4. The highest BCUT2D eigenvalue weighted by molar-refractivity contribution is 5.89. The number of benzene rings is 1. The van der Waals surface area contributed by atoms with Gasteiger partial charge in [0.25, 0.3) is 5.56 Å². The zero-order chi connectivity index (χ0) is 19.0. The van der Waals surface area contributed by atoms with E-state index in [9.17, 15) is 14.0 Å². The SMILES string of the molecule is Cc1cc(NC(=O)Cn2ncn3nc(-c4ccc(F)cc4)cc3c2=O)no1. The fraction of sp³-hybridized carbons (Fsp3) is 0.118. The van der Waals surface area contributed by atoms with Crippen molar-refractivity contribution in [2.45, 2.75) is 13.5 Å². The van der Waals surface area contributed by atoms with Crippen molar-refractivity contribution >= 4 is 17.2 Å². The van der Waals surface area contributed by atoms with E-state index >= 15 is 0 Å². The van der Waals surface area contributed by atoms with E-state index < -0.39 is 11.5 Å². The molecule has 0 fully saturated rings. The summed E-state index contributed by atoms with van der Waals surface area (Å²) < 4.78 is 20.3. The van der Waals surface area contributed by atoms with Crippen LogP contribution in [0.15, 0.2) is 52.0 Å². The summed E-state index contributed by atoms with van der Waals surface area (Å²) in [4.78, 5) is 24.7. The molecule has 1 aromatic carbocycles. The summed E-state index contributed by atoms with van der Waals surface area (Å²) in [5.41, 5.74) is 0.915. The Morgan fingerprint density at radius 3 is 2.74 bits per heavy atom. The van der Waals surface area contributed by atoms with E-state index in [1.807, 2.05) is 0 Å². The van der Waals surface area contributed by atoms with Crippen LogP contribution >= 0.6 is 0 Å². The number of halogens is 1. The molecule has 0 spiro atoms. The van der Waals surface area contributed by atoms with Gasteiger partial charge in [-0.15, -0.1) is 0 Å². The molecule has 10 heteroatoms. The van der Waals surface area contributed by atoms with Crippen molar-refractivity contribution in [3.63, 3.8) is 0 Å². The highest BCUT2D eigenvalue weighted by Crippen LogP contribution is 2.18. The van der Waals surface area contributed by atoms with E-state index in [-0.39, 0.29) is 23.7 Å². The van der Waals surface area contributed by atoms with E-state index in [0.717, 1.165) is 4.68 Å². The van der Waals surface area contributed by atoms with Crippen molar-refractivity contribution in [3.05, 3.63) is 64.7 Å². The summed E-state index contributed by atoms with van der Waals surface area (Å²) in [5, 5.41) is 14.4. The zero-order valence-corrected chi connectivity index (χ0v) is 14.1. The van der Waals surface area contributed by atoms with Gasteiger partial charge in [0, 0.05) is 11.6 Å². The third-order valence-corrected chi connectivity index (χ3v) is 3.82. The fourth-order valence-electron chi connectivity index (χ4n) is 2.56. The van der Waals surface area contributed by atoms with Crippen LogP contribution in [0.2, 0.25) is 0 Å². The molecule has 0 aliphatic carbocycles. The molecule has 0 atom stereocenters. The molecular formula is C17H13FN6O3. The number of carbonyl (C=O) groups excluding carboxylic acids is 1. The van der Waals surface area contributed by atoms with E-state index in [1.54, 1.807) is 31.2 Å². The second kappa shape index (κ2) is 6.48. The van der Waals surface area contributed by atoms with Crippen LogP contribution in [0.25, 0.3) is 16.8 Å². The number of carbonyl (C=O) groups is 1. The average Bonchev–Trinajstić information content (AvgIpc) is 3.25. The molecule has 3 aromatic heterocycles. The van der Waals surface area contributed by atoms with Gasteiger partial charge in [0.15, 0.2) is 5.82 Å². The number of amides is 1. The Morgan fingerprint density at radius 1 is 1.26 bits per heavy atom. The highest BCUT2D eigenvalue weighted by Gasteiger charge is 2.13. The quantitative estimate of drug-likeness (QED) is 0.587. The first kappa shape index (κ1) is 16.6. The highest BCUT2D eigenvalue weighted by atomic mass is 19.1. The van der Waals surface area contributed by atoms with Gasteiger partial charge in [-0.1, -0.05) is 5.16 Å². The topological polar surface area (TPSA) is 107 Å². The molecule has 1 amide bonds. The van der Waals surface area contributed by atoms with E-state index in [1.165, 1.54) is 23.0 Å². The number of fused-ring (bicyclic) bond motifs is 1. The maximum absolute atomic E-state index is 13.1. The van der Waals surface area contributed by atoms with Crippen molar-refractivity contribution in [3.8, 4) is 11.3 Å². The molecule has 9 nitrogen and oxygen atoms in total. The molecular weight excluding hydrogens is 355 g/mol. The maximum atomic E-state index is 13.1. The van der Waals surface area contributed by atoms with Crippen LogP contribution in [0, 0.1) is 12.7 Å². The van der Waals surface area contributed by atoms with Crippen LogP contribution in [0.4, 0.5) is 10.2 Å². The molecule has 136 valence electrons. The fourth-order valence-corrected chi connectivity index (χ4v) is 2.56. The number of aromatic nitrogens is 5. The minimum absolute atomic E-state index is 0.245. The van der Waals surface area contributed by atoms with E-state index in [4.69, 9.17) is 4.52 Å². The van der Waals surface area contributed by atoms with Crippen LogP contribution in [0.3, 0.4) is 0 Å². The lowest BCUT2D eigenvalue weighted by Crippen LogP contribution is -2.30. The molecule has 4 rings (SSSR count). The van der Waals surface area contributed by atoms with Crippen LogP contribution < -0.4 is 10.9 Å². The second-order valence-corrected chi connectivity index (χ2v) is 5.83. The summed E-state index contributed by atoms with van der Waals surface area (Å²) in [5.74, 6) is -0.0236. The van der Waals surface area contributed by atoms with Crippen molar-refractivity contribution in [2.75, 3.05) is 5.32 Å². The first-order valence-corrected chi connectivity index (χ1v) is 7.94. The minimum Gasteiger partial charge on any atom is -0.360 e. The average molecular weight is 368 g/mol. The summed E-state index contributed by atoms with van der Waals surface area (Å²) in [7, 11) is 0. The Labute approximate surface area is 151 Å². The lowest BCUT2D eigenvalue weighted by molar-refractivity contribution is -0.117. The summed E-state index contributed by atoms with van der Waals surface area (Å²) >= 11 is 0. The van der Waals surface area contributed by atoms with Gasteiger partial charge in [-0.2, -0.15) is 10.2 Å². The number of hydrogen-bond donors (Lipinski definition) is 1. The van der Waals surface area contributed by atoms with Crippen LogP contribution in [0.5, 0.6) is 0 Å². The van der Waals surface area contributed by atoms with Crippen molar-refractivity contribution in [1.82, 2.24) is 24.6 Å². The Morgan fingerprint density at radius 2 is 2.04 bits per heavy atom. The molecule has 0 radical (unpaired) electrons. The number of hydrogen-bond acceptors (Lipinski definition) is 6. The van der Waals surface area contributed by atoms with Crippen LogP contribution in [-0.2, 0) is 11.3 Å². The molecule has 0 saturated heterocycles. The number of nitrogens with one attached hydrogen (secondary N) is 1. The molecule has 0 saturated carbocycles.